The number of pyridine rings is 1. The third kappa shape index (κ3) is 3.41. The van der Waals surface area contributed by atoms with E-state index in [1.807, 2.05) is 10.8 Å². The number of carbonyl (C=O) groups is 2. The number of hydrogen-bond acceptors (Lipinski definition) is 4. The number of benzene rings is 1. The van der Waals surface area contributed by atoms with Gasteiger partial charge in [0.1, 0.15) is 0 Å². The van der Waals surface area contributed by atoms with Crippen LogP contribution >= 0.6 is 0 Å². The molecule has 0 unspecified atom stereocenters. The highest BCUT2D eigenvalue weighted by Crippen LogP contribution is 2.09. The van der Waals surface area contributed by atoms with Crippen molar-refractivity contribution in [1.82, 2.24) is 25.4 Å². The van der Waals surface area contributed by atoms with Crippen LogP contribution in [-0.4, -0.2) is 26.3 Å². The van der Waals surface area contributed by atoms with Gasteiger partial charge >= 0.3 is 0 Å². The molecule has 2 aromatic heterocycles. The Kier molecular flexibility index (Phi) is 4.10. The summed E-state index contributed by atoms with van der Waals surface area (Å²) >= 11 is 0. The number of nitrogens with one attached hydrogen (secondary N) is 2. The Morgan fingerprint density at radius 3 is 2.22 bits per heavy atom. The van der Waals surface area contributed by atoms with E-state index in [0.29, 0.717) is 11.1 Å². The zero-order chi connectivity index (χ0) is 16.1. The summed E-state index contributed by atoms with van der Waals surface area (Å²) < 4.78 is 1.83. The molecule has 0 aliphatic heterocycles. The molecule has 3 rings (SSSR count). The van der Waals surface area contributed by atoms with Gasteiger partial charge in [-0.15, -0.1) is 0 Å². The summed E-state index contributed by atoms with van der Waals surface area (Å²) in [6, 6.07) is 10.2. The molecule has 7 nitrogen and oxygen atoms in total. The van der Waals surface area contributed by atoms with Gasteiger partial charge in [0.15, 0.2) is 0 Å². The predicted octanol–water partition coefficient (Wildman–Crippen LogP) is 1.34. The summed E-state index contributed by atoms with van der Waals surface area (Å²) in [6.45, 7) is 0. The van der Waals surface area contributed by atoms with Crippen LogP contribution in [-0.2, 0) is 0 Å². The molecule has 114 valence electrons. The van der Waals surface area contributed by atoms with Gasteiger partial charge in [0.05, 0.1) is 11.9 Å². The van der Waals surface area contributed by atoms with E-state index < -0.39 is 11.8 Å². The van der Waals surface area contributed by atoms with Gasteiger partial charge in [0.25, 0.3) is 11.8 Å². The maximum absolute atomic E-state index is 12.0. The first kappa shape index (κ1) is 14.5. The molecule has 3 aromatic rings. The molecule has 0 spiro atoms. The average Bonchev–Trinajstić information content (AvgIpc) is 3.15. The van der Waals surface area contributed by atoms with E-state index in [2.05, 4.69) is 20.8 Å². The standard InChI is InChI=1S/C16H13N5O2/c22-15(19-20-16(23)13-2-1-7-17-10-13)12-3-5-14(6-4-12)21-9-8-18-11-21/h1-11H,(H,19,22)(H,20,23). The van der Waals surface area contributed by atoms with Crippen LogP contribution in [0.25, 0.3) is 5.69 Å². The van der Waals surface area contributed by atoms with Crippen molar-refractivity contribution in [3.8, 4) is 5.69 Å². The average molecular weight is 307 g/mol. The molecule has 0 saturated carbocycles. The molecule has 0 bridgehead atoms. The lowest BCUT2D eigenvalue weighted by Gasteiger charge is -2.08. The molecule has 0 aliphatic carbocycles. The maximum atomic E-state index is 12.0. The number of carbonyl (C=O) groups excluding carboxylic acids is 2. The van der Waals surface area contributed by atoms with E-state index in [4.69, 9.17) is 0 Å². The number of hydrogen-bond donors (Lipinski definition) is 2. The zero-order valence-electron chi connectivity index (χ0n) is 12.0. The quantitative estimate of drug-likeness (QED) is 0.715. The molecule has 2 amide bonds. The lowest BCUT2D eigenvalue weighted by molar-refractivity contribution is 0.0846. The van der Waals surface area contributed by atoms with E-state index in [1.165, 1.54) is 6.20 Å². The summed E-state index contributed by atoms with van der Waals surface area (Å²) in [6.07, 6.45) is 8.14. The molecule has 0 aliphatic rings. The molecule has 23 heavy (non-hydrogen) atoms. The smallest absolute Gasteiger partial charge is 0.271 e. The Balaban J connectivity index is 1.61. The van der Waals surface area contributed by atoms with Crippen LogP contribution in [0.2, 0.25) is 0 Å². The number of aromatic nitrogens is 3. The van der Waals surface area contributed by atoms with E-state index in [1.54, 1.807) is 55.1 Å². The summed E-state index contributed by atoms with van der Waals surface area (Å²) in [5.74, 6) is -0.832. The zero-order valence-corrected chi connectivity index (χ0v) is 12.0. The molecule has 2 N–H and O–H groups in total. The Hall–Kier alpha value is -3.48. The van der Waals surface area contributed by atoms with Crippen molar-refractivity contribution < 1.29 is 9.59 Å². The highest BCUT2D eigenvalue weighted by atomic mass is 16.2. The van der Waals surface area contributed by atoms with Gasteiger partial charge in [-0.2, -0.15) is 0 Å². The second kappa shape index (κ2) is 6.52. The molecule has 0 saturated heterocycles. The first-order valence-corrected chi connectivity index (χ1v) is 6.83. The van der Waals surface area contributed by atoms with Gasteiger partial charge < -0.3 is 4.57 Å². The van der Waals surface area contributed by atoms with Crippen molar-refractivity contribution >= 4 is 11.8 Å². The Labute approximate surface area is 132 Å². The summed E-state index contributed by atoms with van der Waals surface area (Å²) in [5, 5.41) is 0. The second-order valence-corrected chi connectivity index (χ2v) is 4.67. The van der Waals surface area contributed by atoms with E-state index in [9.17, 15) is 9.59 Å². The lowest BCUT2D eigenvalue weighted by atomic mass is 10.2. The summed E-state index contributed by atoms with van der Waals surface area (Å²) in [7, 11) is 0. The Morgan fingerprint density at radius 1 is 0.870 bits per heavy atom. The van der Waals surface area contributed by atoms with Crippen LogP contribution in [0.3, 0.4) is 0 Å². The maximum Gasteiger partial charge on any atom is 0.271 e. The van der Waals surface area contributed by atoms with Crippen LogP contribution in [0.15, 0.2) is 67.5 Å². The van der Waals surface area contributed by atoms with Crippen molar-refractivity contribution in [3.63, 3.8) is 0 Å². The van der Waals surface area contributed by atoms with Crippen molar-refractivity contribution in [3.05, 3.63) is 78.6 Å². The minimum Gasteiger partial charge on any atom is -0.306 e. The molecular weight excluding hydrogens is 294 g/mol. The fraction of sp³-hybridized carbons (Fsp3) is 0. The third-order valence-electron chi connectivity index (χ3n) is 3.15. The van der Waals surface area contributed by atoms with Crippen LogP contribution < -0.4 is 10.9 Å². The van der Waals surface area contributed by atoms with Crippen LogP contribution in [0.1, 0.15) is 20.7 Å². The van der Waals surface area contributed by atoms with Gasteiger partial charge in [0, 0.05) is 36.0 Å². The SMILES string of the molecule is O=C(NNC(=O)c1cccnc1)c1ccc(-n2ccnc2)cc1. The highest BCUT2D eigenvalue weighted by molar-refractivity contribution is 5.98. The molecule has 0 radical (unpaired) electrons. The van der Waals surface area contributed by atoms with Crippen LogP contribution in [0, 0.1) is 0 Å². The van der Waals surface area contributed by atoms with Crippen molar-refractivity contribution in [2.75, 3.05) is 0 Å². The summed E-state index contributed by atoms with van der Waals surface area (Å²) in [4.78, 5) is 31.6. The van der Waals surface area contributed by atoms with E-state index >= 15 is 0 Å². The number of amides is 2. The van der Waals surface area contributed by atoms with Crippen LogP contribution in [0.5, 0.6) is 0 Å². The molecule has 1 aromatic carbocycles. The van der Waals surface area contributed by atoms with Crippen LogP contribution in [0.4, 0.5) is 0 Å². The first-order valence-electron chi connectivity index (χ1n) is 6.83. The predicted molar refractivity (Wildman–Crippen MR) is 82.7 cm³/mol. The third-order valence-corrected chi connectivity index (χ3v) is 3.15. The number of imidazole rings is 1. The molecule has 0 atom stereocenters. The fourth-order valence-corrected chi connectivity index (χ4v) is 1.95. The minimum atomic E-state index is -0.429. The van der Waals surface area contributed by atoms with E-state index in [0.717, 1.165) is 5.69 Å². The monoisotopic (exact) mass is 307 g/mol. The lowest BCUT2D eigenvalue weighted by Crippen LogP contribution is -2.41. The largest absolute Gasteiger partial charge is 0.306 e. The van der Waals surface area contributed by atoms with Crippen molar-refractivity contribution in [1.29, 1.82) is 0 Å². The topological polar surface area (TPSA) is 88.9 Å². The Bertz CT molecular complexity index is 798. The van der Waals surface area contributed by atoms with Crippen molar-refractivity contribution in [2.45, 2.75) is 0 Å². The fourth-order valence-electron chi connectivity index (χ4n) is 1.95. The van der Waals surface area contributed by atoms with Gasteiger partial charge in [-0.3, -0.25) is 25.4 Å². The van der Waals surface area contributed by atoms with E-state index in [-0.39, 0.29) is 0 Å². The van der Waals surface area contributed by atoms with Gasteiger partial charge in [-0.05, 0) is 36.4 Å². The molecule has 0 fully saturated rings. The second-order valence-electron chi connectivity index (χ2n) is 4.67. The molecular formula is C16H13N5O2. The van der Waals surface area contributed by atoms with Crippen molar-refractivity contribution in [2.24, 2.45) is 0 Å². The first-order chi connectivity index (χ1) is 11.2. The van der Waals surface area contributed by atoms with Gasteiger partial charge in [-0.25, -0.2) is 4.98 Å². The molecule has 2 heterocycles. The number of hydrazine groups is 1. The highest BCUT2D eigenvalue weighted by Gasteiger charge is 2.09. The molecule has 7 heteroatoms. The minimum absolute atomic E-state index is 0.364. The summed E-state index contributed by atoms with van der Waals surface area (Å²) in [5.41, 5.74) is 6.39. The number of rotatable bonds is 3. The van der Waals surface area contributed by atoms with Gasteiger partial charge in [-0.1, -0.05) is 0 Å². The number of nitrogens with zero attached hydrogens (tertiary/aromatic N) is 3. The Morgan fingerprint density at radius 2 is 1.61 bits per heavy atom. The normalized spacial score (nSPS) is 10.1. The van der Waals surface area contributed by atoms with Gasteiger partial charge in [0.2, 0.25) is 0 Å².